The van der Waals surface area contributed by atoms with E-state index in [2.05, 4.69) is 0 Å². The number of aliphatic hydroxyl groups is 2. The molecule has 1 atom stereocenters. The molecular weight excluding hydrogens is 208 g/mol. The molecule has 0 aliphatic heterocycles. The minimum absolute atomic E-state index is 0.214. The minimum atomic E-state index is -0.655. The van der Waals surface area contributed by atoms with Crippen molar-refractivity contribution < 1.29 is 19.7 Å². The summed E-state index contributed by atoms with van der Waals surface area (Å²) in [5.74, 6) is 0.302. The number of hydrogen-bond donors (Lipinski definition) is 2. The first-order valence-electron chi connectivity index (χ1n) is 5.94. The highest BCUT2D eigenvalue weighted by atomic mass is 16.5. The quantitative estimate of drug-likeness (QED) is 0.558. The second-order valence-corrected chi connectivity index (χ2v) is 4.86. The van der Waals surface area contributed by atoms with Gasteiger partial charge in [0.1, 0.15) is 0 Å². The van der Waals surface area contributed by atoms with Crippen LogP contribution >= 0.6 is 0 Å². The van der Waals surface area contributed by atoms with Gasteiger partial charge < -0.3 is 19.7 Å². The van der Waals surface area contributed by atoms with Crippen LogP contribution in [0, 0.1) is 5.92 Å². The first-order chi connectivity index (χ1) is 7.45. The lowest BCUT2D eigenvalue weighted by Gasteiger charge is -2.16. The van der Waals surface area contributed by atoms with Crippen LogP contribution in [-0.2, 0) is 9.47 Å². The van der Waals surface area contributed by atoms with Crippen LogP contribution in [0.3, 0.4) is 0 Å². The van der Waals surface area contributed by atoms with Gasteiger partial charge in [-0.25, -0.2) is 0 Å². The predicted octanol–water partition coefficient (Wildman–Crippen LogP) is 1.20. The van der Waals surface area contributed by atoms with Gasteiger partial charge in [0.15, 0.2) is 0 Å². The molecule has 0 bridgehead atoms. The summed E-state index contributed by atoms with van der Waals surface area (Å²) in [7, 11) is 0. The van der Waals surface area contributed by atoms with Crippen molar-refractivity contribution in [2.75, 3.05) is 33.0 Å². The molecule has 0 saturated carbocycles. The molecule has 0 aromatic rings. The average molecular weight is 234 g/mol. The fourth-order valence-electron chi connectivity index (χ4n) is 1.02. The van der Waals surface area contributed by atoms with E-state index in [1.165, 1.54) is 0 Å². The number of ether oxygens (including phenoxy) is 2. The summed E-state index contributed by atoms with van der Waals surface area (Å²) in [5, 5.41) is 18.2. The van der Waals surface area contributed by atoms with Crippen LogP contribution in [0.15, 0.2) is 0 Å². The molecule has 0 aliphatic carbocycles. The van der Waals surface area contributed by atoms with Gasteiger partial charge in [0.2, 0.25) is 0 Å². The van der Waals surface area contributed by atoms with Crippen molar-refractivity contribution >= 4 is 0 Å². The molecule has 0 aromatic carbocycles. The first-order valence-corrected chi connectivity index (χ1v) is 5.94. The lowest BCUT2D eigenvalue weighted by atomic mass is 10.1. The van der Waals surface area contributed by atoms with Crippen molar-refractivity contribution in [3.8, 4) is 0 Å². The second kappa shape index (κ2) is 8.93. The zero-order valence-electron chi connectivity index (χ0n) is 10.7. The molecule has 0 heterocycles. The van der Waals surface area contributed by atoms with Crippen LogP contribution < -0.4 is 0 Å². The highest BCUT2D eigenvalue weighted by Gasteiger charge is 2.11. The van der Waals surface area contributed by atoms with E-state index in [-0.39, 0.29) is 6.61 Å². The third-order valence-corrected chi connectivity index (χ3v) is 2.30. The number of aliphatic hydroxyl groups excluding tert-OH is 1. The molecule has 2 N–H and O–H groups in total. The second-order valence-electron chi connectivity index (χ2n) is 4.86. The Bertz CT molecular complexity index is 154. The lowest BCUT2D eigenvalue weighted by Crippen LogP contribution is -2.21. The van der Waals surface area contributed by atoms with Crippen molar-refractivity contribution in [2.45, 2.75) is 39.2 Å². The van der Waals surface area contributed by atoms with Gasteiger partial charge in [-0.2, -0.15) is 0 Å². The van der Waals surface area contributed by atoms with Gasteiger partial charge in [-0.05, 0) is 32.6 Å². The standard InChI is InChI=1S/C12H26O4/c1-11(10-13)4-6-15-8-9-16-7-5-12(2,3)14/h11,13-14H,4-10H2,1-3H3. The van der Waals surface area contributed by atoms with Crippen molar-refractivity contribution in [3.63, 3.8) is 0 Å². The summed E-state index contributed by atoms with van der Waals surface area (Å²) in [6, 6.07) is 0. The lowest BCUT2D eigenvalue weighted by molar-refractivity contribution is 0.00512. The van der Waals surface area contributed by atoms with E-state index in [4.69, 9.17) is 14.6 Å². The maximum atomic E-state index is 9.41. The molecule has 16 heavy (non-hydrogen) atoms. The van der Waals surface area contributed by atoms with E-state index >= 15 is 0 Å². The van der Waals surface area contributed by atoms with Gasteiger partial charge in [-0.1, -0.05) is 6.92 Å². The molecule has 0 rings (SSSR count). The average Bonchev–Trinajstić information content (AvgIpc) is 2.20. The van der Waals surface area contributed by atoms with E-state index in [9.17, 15) is 5.11 Å². The summed E-state index contributed by atoms with van der Waals surface area (Å²) in [6.07, 6.45) is 1.51. The van der Waals surface area contributed by atoms with Gasteiger partial charge in [-0.15, -0.1) is 0 Å². The van der Waals surface area contributed by atoms with Crippen molar-refractivity contribution in [3.05, 3.63) is 0 Å². The third-order valence-electron chi connectivity index (χ3n) is 2.30. The van der Waals surface area contributed by atoms with Crippen LogP contribution in [0.1, 0.15) is 33.6 Å². The molecule has 4 heteroatoms. The summed E-state index contributed by atoms with van der Waals surface area (Å²) in [4.78, 5) is 0. The minimum Gasteiger partial charge on any atom is -0.396 e. The SMILES string of the molecule is CC(CO)CCOCCOCCC(C)(C)O. The van der Waals surface area contributed by atoms with Crippen molar-refractivity contribution in [1.29, 1.82) is 0 Å². The summed E-state index contributed by atoms with van der Waals surface area (Å²) >= 11 is 0. The number of hydrogen-bond acceptors (Lipinski definition) is 4. The van der Waals surface area contributed by atoms with Crippen LogP contribution in [-0.4, -0.2) is 48.8 Å². The largest absolute Gasteiger partial charge is 0.396 e. The van der Waals surface area contributed by atoms with Crippen LogP contribution in [0.25, 0.3) is 0 Å². The monoisotopic (exact) mass is 234 g/mol. The molecule has 0 spiro atoms. The molecular formula is C12H26O4. The Morgan fingerprint density at radius 3 is 2.12 bits per heavy atom. The maximum Gasteiger partial charge on any atom is 0.0700 e. The Hall–Kier alpha value is -0.160. The smallest absolute Gasteiger partial charge is 0.0700 e. The topological polar surface area (TPSA) is 58.9 Å². The summed E-state index contributed by atoms with van der Waals surface area (Å²) in [6.45, 7) is 8.09. The third kappa shape index (κ3) is 11.9. The molecule has 4 nitrogen and oxygen atoms in total. The Balaban J connectivity index is 3.10. The van der Waals surface area contributed by atoms with E-state index in [1.807, 2.05) is 6.92 Å². The molecule has 0 radical (unpaired) electrons. The molecule has 98 valence electrons. The van der Waals surface area contributed by atoms with Gasteiger partial charge in [0.05, 0.1) is 18.8 Å². The van der Waals surface area contributed by atoms with Gasteiger partial charge in [-0.3, -0.25) is 0 Å². The molecule has 0 amide bonds. The maximum absolute atomic E-state index is 9.41. The van der Waals surface area contributed by atoms with Crippen LogP contribution in [0.4, 0.5) is 0 Å². The Morgan fingerprint density at radius 2 is 1.62 bits per heavy atom. The van der Waals surface area contributed by atoms with Crippen LogP contribution in [0.5, 0.6) is 0 Å². The predicted molar refractivity (Wildman–Crippen MR) is 63.4 cm³/mol. The fourth-order valence-corrected chi connectivity index (χ4v) is 1.02. The summed E-state index contributed by atoms with van der Waals surface area (Å²) < 4.78 is 10.6. The molecule has 1 unspecified atom stereocenters. The Kier molecular flexibility index (Phi) is 8.84. The highest BCUT2D eigenvalue weighted by Crippen LogP contribution is 2.06. The number of rotatable bonds is 10. The Morgan fingerprint density at radius 1 is 1.06 bits per heavy atom. The van der Waals surface area contributed by atoms with E-state index in [1.54, 1.807) is 13.8 Å². The van der Waals surface area contributed by atoms with E-state index in [0.29, 0.717) is 38.8 Å². The van der Waals surface area contributed by atoms with Gasteiger partial charge >= 0.3 is 0 Å². The molecule has 0 fully saturated rings. The molecule has 0 aromatic heterocycles. The molecule has 0 aliphatic rings. The highest BCUT2D eigenvalue weighted by molar-refractivity contribution is 4.63. The van der Waals surface area contributed by atoms with Gasteiger partial charge in [0, 0.05) is 19.8 Å². The zero-order valence-corrected chi connectivity index (χ0v) is 10.7. The van der Waals surface area contributed by atoms with E-state index in [0.717, 1.165) is 6.42 Å². The first kappa shape index (κ1) is 15.8. The van der Waals surface area contributed by atoms with Crippen LogP contribution in [0.2, 0.25) is 0 Å². The van der Waals surface area contributed by atoms with E-state index < -0.39 is 5.60 Å². The molecule has 0 saturated heterocycles. The van der Waals surface area contributed by atoms with Crippen molar-refractivity contribution in [2.24, 2.45) is 5.92 Å². The van der Waals surface area contributed by atoms with Gasteiger partial charge in [0.25, 0.3) is 0 Å². The fraction of sp³-hybridized carbons (Fsp3) is 1.00. The Labute approximate surface area is 98.6 Å². The normalized spacial score (nSPS) is 14.1. The summed E-state index contributed by atoms with van der Waals surface area (Å²) in [5.41, 5.74) is -0.655. The zero-order chi connectivity index (χ0) is 12.4. The van der Waals surface area contributed by atoms with Crippen molar-refractivity contribution in [1.82, 2.24) is 0 Å².